The fraction of sp³-hybridized carbons (Fsp3) is 0.929. The van der Waals surface area contributed by atoms with Gasteiger partial charge in [0.2, 0.25) is 5.91 Å². The van der Waals surface area contributed by atoms with E-state index >= 15 is 0 Å². The third kappa shape index (κ3) is 4.44. The Hall–Kier alpha value is -0.650. The van der Waals surface area contributed by atoms with E-state index in [1.165, 1.54) is 6.42 Å². The monoisotopic (exact) mass is 269 g/mol. The molecule has 0 aromatic carbocycles. The molecule has 2 aliphatic rings. The van der Waals surface area contributed by atoms with Gasteiger partial charge in [0.15, 0.2) is 0 Å². The summed E-state index contributed by atoms with van der Waals surface area (Å²) in [5.74, 6) is 0.521. The largest absolute Gasteiger partial charge is 0.393 e. The number of carbonyl (C=O) groups is 1. The molecule has 0 aromatic rings. The minimum Gasteiger partial charge on any atom is -0.393 e. The summed E-state index contributed by atoms with van der Waals surface area (Å²) in [5.41, 5.74) is 0. The highest BCUT2D eigenvalue weighted by Gasteiger charge is 2.23. The van der Waals surface area contributed by atoms with E-state index in [-0.39, 0.29) is 12.0 Å². The van der Waals surface area contributed by atoms with Gasteiger partial charge >= 0.3 is 0 Å². The summed E-state index contributed by atoms with van der Waals surface area (Å²) in [6.07, 6.45) is 4.16. The van der Waals surface area contributed by atoms with E-state index in [9.17, 15) is 9.90 Å². The van der Waals surface area contributed by atoms with Crippen LogP contribution in [-0.4, -0.2) is 73.2 Å². The highest BCUT2D eigenvalue weighted by atomic mass is 16.3. The standard InChI is InChI=1S/C14H27N3O2/c1-16-6-8-17(9-7-16)14(19)11-15-10-12-4-2-3-5-13(12)18/h12-13,15,18H,2-11H2,1H3. The lowest BCUT2D eigenvalue weighted by Gasteiger charge is -2.33. The minimum absolute atomic E-state index is 0.181. The van der Waals surface area contributed by atoms with Gasteiger partial charge in [0.1, 0.15) is 0 Å². The van der Waals surface area contributed by atoms with Gasteiger partial charge in [-0.15, -0.1) is 0 Å². The van der Waals surface area contributed by atoms with Crippen molar-refractivity contribution in [1.29, 1.82) is 0 Å². The maximum Gasteiger partial charge on any atom is 0.236 e. The predicted molar refractivity (Wildman–Crippen MR) is 74.9 cm³/mol. The predicted octanol–water partition coefficient (Wildman–Crippen LogP) is -0.0989. The first-order chi connectivity index (χ1) is 9.16. The molecule has 1 aliphatic carbocycles. The van der Waals surface area contributed by atoms with Crippen LogP contribution in [0.15, 0.2) is 0 Å². The van der Waals surface area contributed by atoms with Crippen molar-refractivity contribution in [2.45, 2.75) is 31.8 Å². The van der Waals surface area contributed by atoms with Crippen LogP contribution in [0.25, 0.3) is 0 Å². The summed E-state index contributed by atoms with van der Waals surface area (Å²) in [6.45, 7) is 4.78. The Labute approximate surface area is 115 Å². The van der Waals surface area contributed by atoms with Crippen LogP contribution >= 0.6 is 0 Å². The molecule has 2 rings (SSSR count). The summed E-state index contributed by atoms with van der Waals surface area (Å²) in [4.78, 5) is 16.2. The number of amides is 1. The van der Waals surface area contributed by atoms with Gasteiger partial charge in [-0.3, -0.25) is 4.79 Å². The van der Waals surface area contributed by atoms with E-state index < -0.39 is 0 Å². The Morgan fingerprint density at radius 3 is 2.58 bits per heavy atom. The van der Waals surface area contributed by atoms with E-state index in [1.807, 2.05) is 4.90 Å². The zero-order chi connectivity index (χ0) is 13.7. The summed E-state index contributed by atoms with van der Waals surface area (Å²) in [5, 5.41) is 13.1. The number of piperazine rings is 1. The van der Waals surface area contributed by atoms with Crippen molar-refractivity contribution < 1.29 is 9.90 Å². The molecule has 5 heteroatoms. The van der Waals surface area contributed by atoms with Gasteiger partial charge in [-0.2, -0.15) is 0 Å². The molecular weight excluding hydrogens is 242 g/mol. The molecule has 19 heavy (non-hydrogen) atoms. The molecule has 110 valence electrons. The van der Waals surface area contributed by atoms with Gasteiger partial charge in [-0.1, -0.05) is 12.8 Å². The van der Waals surface area contributed by atoms with Crippen molar-refractivity contribution in [1.82, 2.24) is 15.1 Å². The Kier molecular flexibility index (Phi) is 5.60. The molecular formula is C14H27N3O2. The van der Waals surface area contributed by atoms with E-state index in [1.54, 1.807) is 0 Å². The highest BCUT2D eigenvalue weighted by Crippen LogP contribution is 2.23. The number of aliphatic hydroxyl groups is 1. The number of nitrogens with zero attached hydrogens (tertiary/aromatic N) is 2. The van der Waals surface area contributed by atoms with Gasteiger partial charge in [-0.25, -0.2) is 0 Å². The first kappa shape index (κ1) is 14.8. The molecule has 0 spiro atoms. The van der Waals surface area contributed by atoms with Crippen LogP contribution in [-0.2, 0) is 4.79 Å². The van der Waals surface area contributed by atoms with Crippen molar-refractivity contribution in [2.24, 2.45) is 5.92 Å². The van der Waals surface area contributed by atoms with Crippen LogP contribution in [0, 0.1) is 5.92 Å². The van der Waals surface area contributed by atoms with Crippen molar-refractivity contribution in [2.75, 3.05) is 46.3 Å². The fourth-order valence-electron chi connectivity index (χ4n) is 2.96. The SMILES string of the molecule is CN1CCN(C(=O)CNCC2CCCCC2O)CC1. The number of rotatable bonds is 4. The van der Waals surface area contributed by atoms with Crippen molar-refractivity contribution in [3.8, 4) is 0 Å². The second kappa shape index (κ2) is 7.22. The molecule has 1 aliphatic heterocycles. The van der Waals surface area contributed by atoms with Crippen molar-refractivity contribution in [3.05, 3.63) is 0 Å². The molecule has 1 saturated carbocycles. The maximum atomic E-state index is 12.0. The van der Waals surface area contributed by atoms with Crippen molar-refractivity contribution >= 4 is 5.91 Å². The minimum atomic E-state index is -0.181. The Morgan fingerprint density at radius 2 is 1.89 bits per heavy atom. The molecule has 5 nitrogen and oxygen atoms in total. The summed E-state index contributed by atoms with van der Waals surface area (Å²) in [6, 6.07) is 0. The quantitative estimate of drug-likeness (QED) is 0.748. The molecule has 2 N–H and O–H groups in total. The van der Waals surface area contributed by atoms with Crippen LogP contribution < -0.4 is 5.32 Å². The highest BCUT2D eigenvalue weighted by molar-refractivity contribution is 5.78. The van der Waals surface area contributed by atoms with Crippen LogP contribution in [0.3, 0.4) is 0 Å². The lowest BCUT2D eigenvalue weighted by atomic mass is 9.86. The zero-order valence-corrected chi connectivity index (χ0v) is 12.0. The number of hydrogen-bond donors (Lipinski definition) is 2. The second-order valence-corrected chi connectivity index (χ2v) is 5.93. The summed E-state index contributed by atoms with van der Waals surface area (Å²) in [7, 11) is 2.09. The molecule has 0 aromatic heterocycles. The molecule has 0 bridgehead atoms. The molecule has 2 atom stereocenters. The van der Waals surface area contributed by atoms with Gasteiger partial charge in [-0.05, 0) is 25.8 Å². The normalized spacial score (nSPS) is 29.5. The van der Waals surface area contributed by atoms with Crippen molar-refractivity contribution in [3.63, 3.8) is 0 Å². The van der Waals surface area contributed by atoms with E-state index in [0.717, 1.165) is 52.0 Å². The second-order valence-electron chi connectivity index (χ2n) is 5.93. The van der Waals surface area contributed by atoms with Gasteiger partial charge in [0, 0.05) is 32.7 Å². The van der Waals surface area contributed by atoms with Crippen LogP contribution in [0.2, 0.25) is 0 Å². The summed E-state index contributed by atoms with van der Waals surface area (Å²) < 4.78 is 0. The van der Waals surface area contributed by atoms with E-state index in [4.69, 9.17) is 0 Å². The average molecular weight is 269 g/mol. The summed E-state index contributed by atoms with van der Waals surface area (Å²) >= 11 is 0. The van der Waals surface area contributed by atoms with E-state index in [0.29, 0.717) is 12.5 Å². The van der Waals surface area contributed by atoms with Crippen LogP contribution in [0.1, 0.15) is 25.7 Å². The molecule has 1 saturated heterocycles. The molecule has 2 unspecified atom stereocenters. The fourth-order valence-corrected chi connectivity index (χ4v) is 2.96. The number of aliphatic hydroxyl groups excluding tert-OH is 1. The smallest absolute Gasteiger partial charge is 0.236 e. The van der Waals surface area contributed by atoms with Gasteiger partial charge in [0.05, 0.1) is 12.6 Å². The number of likely N-dealkylation sites (N-methyl/N-ethyl adjacent to an activating group) is 1. The third-order valence-electron chi connectivity index (χ3n) is 4.41. The third-order valence-corrected chi connectivity index (χ3v) is 4.41. The first-order valence-corrected chi connectivity index (χ1v) is 7.52. The zero-order valence-electron chi connectivity index (χ0n) is 12.0. The van der Waals surface area contributed by atoms with Gasteiger partial charge in [0.25, 0.3) is 0 Å². The molecule has 1 amide bonds. The average Bonchev–Trinajstić information content (AvgIpc) is 2.41. The number of nitrogens with one attached hydrogen (secondary N) is 1. The number of hydrogen-bond acceptors (Lipinski definition) is 4. The van der Waals surface area contributed by atoms with Crippen LogP contribution in [0.5, 0.6) is 0 Å². The maximum absolute atomic E-state index is 12.0. The topological polar surface area (TPSA) is 55.8 Å². The lowest BCUT2D eigenvalue weighted by molar-refractivity contribution is -0.131. The van der Waals surface area contributed by atoms with Crippen LogP contribution in [0.4, 0.5) is 0 Å². The molecule has 0 radical (unpaired) electrons. The lowest BCUT2D eigenvalue weighted by Crippen LogP contribution is -2.50. The number of carbonyl (C=O) groups excluding carboxylic acids is 1. The van der Waals surface area contributed by atoms with Gasteiger partial charge < -0.3 is 20.2 Å². The molecule has 1 heterocycles. The first-order valence-electron chi connectivity index (χ1n) is 7.52. The Bertz CT molecular complexity index is 290. The Morgan fingerprint density at radius 1 is 1.21 bits per heavy atom. The molecule has 2 fully saturated rings. The van der Waals surface area contributed by atoms with E-state index in [2.05, 4.69) is 17.3 Å². The Balaban J connectivity index is 1.63.